The zero-order chi connectivity index (χ0) is 18.9. The Hall–Kier alpha value is -1.98. The second-order valence-corrected chi connectivity index (χ2v) is 6.51. The number of rotatable bonds is 10. The van der Waals surface area contributed by atoms with Crippen molar-refractivity contribution in [2.24, 2.45) is 0 Å². The maximum atomic E-state index is 12.1. The Morgan fingerprint density at radius 2 is 2.00 bits per heavy atom. The van der Waals surface area contributed by atoms with Crippen LogP contribution in [0.2, 0.25) is 5.02 Å². The Balaban J connectivity index is 1.77. The van der Waals surface area contributed by atoms with E-state index in [9.17, 15) is 4.79 Å². The van der Waals surface area contributed by atoms with Crippen LogP contribution in [0.25, 0.3) is 0 Å². The Labute approximate surface area is 160 Å². The first-order valence-corrected chi connectivity index (χ1v) is 9.39. The average Bonchev–Trinajstić information content (AvgIpc) is 3.12. The number of hydrogen-bond acceptors (Lipinski definition) is 4. The molecule has 142 valence electrons. The van der Waals surface area contributed by atoms with Gasteiger partial charge in [-0.05, 0) is 68.9 Å². The molecule has 0 aliphatic heterocycles. The SMILES string of the molecule is CCN(CC)CCCNC(=O)c1ccc(COc2ccc(Cl)c(C)c2)o1. The Morgan fingerprint density at radius 1 is 1.23 bits per heavy atom. The zero-order valence-electron chi connectivity index (χ0n) is 15.7. The highest BCUT2D eigenvalue weighted by Gasteiger charge is 2.11. The van der Waals surface area contributed by atoms with Crippen molar-refractivity contribution in [1.29, 1.82) is 0 Å². The maximum Gasteiger partial charge on any atom is 0.286 e. The first-order valence-electron chi connectivity index (χ1n) is 9.01. The predicted molar refractivity (Wildman–Crippen MR) is 104 cm³/mol. The molecule has 5 nitrogen and oxygen atoms in total. The molecule has 0 radical (unpaired) electrons. The van der Waals surface area contributed by atoms with Gasteiger partial charge in [0.2, 0.25) is 0 Å². The largest absolute Gasteiger partial charge is 0.486 e. The van der Waals surface area contributed by atoms with E-state index in [1.807, 2.05) is 19.1 Å². The monoisotopic (exact) mass is 378 g/mol. The molecule has 26 heavy (non-hydrogen) atoms. The topological polar surface area (TPSA) is 54.7 Å². The van der Waals surface area contributed by atoms with E-state index in [2.05, 4.69) is 24.1 Å². The molecular weight excluding hydrogens is 352 g/mol. The summed E-state index contributed by atoms with van der Waals surface area (Å²) in [7, 11) is 0. The summed E-state index contributed by atoms with van der Waals surface area (Å²) in [5.41, 5.74) is 0.952. The molecule has 0 unspecified atom stereocenters. The minimum Gasteiger partial charge on any atom is -0.486 e. The summed E-state index contributed by atoms with van der Waals surface area (Å²) < 4.78 is 11.2. The summed E-state index contributed by atoms with van der Waals surface area (Å²) in [6.45, 7) is 10.1. The van der Waals surface area contributed by atoms with Gasteiger partial charge in [-0.1, -0.05) is 25.4 Å². The number of nitrogens with one attached hydrogen (secondary N) is 1. The number of furan rings is 1. The van der Waals surface area contributed by atoms with Crippen LogP contribution in [-0.4, -0.2) is 37.0 Å². The van der Waals surface area contributed by atoms with Gasteiger partial charge in [-0.15, -0.1) is 0 Å². The molecule has 0 bridgehead atoms. The van der Waals surface area contributed by atoms with E-state index in [0.29, 0.717) is 28.8 Å². The van der Waals surface area contributed by atoms with Crippen LogP contribution in [0.15, 0.2) is 34.7 Å². The molecule has 1 amide bonds. The van der Waals surface area contributed by atoms with Crippen LogP contribution in [0.5, 0.6) is 5.75 Å². The number of hydrogen-bond donors (Lipinski definition) is 1. The van der Waals surface area contributed by atoms with Gasteiger partial charge < -0.3 is 19.4 Å². The molecule has 0 aliphatic rings. The van der Waals surface area contributed by atoms with Crippen LogP contribution in [0.4, 0.5) is 0 Å². The van der Waals surface area contributed by atoms with Gasteiger partial charge in [0.1, 0.15) is 18.1 Å². The molecule has 0 saturated heterocycles. The van der Waals surface area contributed by atoms with Crippen LogP contribution in [-0.2, 0) is 6.61 Å². The van der Waals surface area contributed by atoms with Crippen molar-refractivity contribution in [3.05, 3.63) is 52.4 Å². The Kier molecular flexibility index (Phi) is 8.01. The molecule has 1 aromatic heterocycles. The quantitative estimate of drug-likeness (QED) is 0.627. The molecule has 1 N–H and O–H groups in total. The average molecular weight is 379 g/mol. The lowest BCUT2D eigenvalue weighted by Crippen LogP contribution is -2.29. The van der Waals surface area contributed by atoms with Crippen molar-refractivity contribution in [2.75, 3.05) is 26.2 Å². The van der Waals surface area contributed by atoms with E-state index < -0.39 is 0 Å². The second kappa shape index (κ2) is 10.2. The number of amides is 1. The zero-order valence-corrected chi connectivity index (χ0v) is 16.4. The van der Waals surface area contributed by atoms with Crippen molar-refractivity contribution in [1.82, 2.24) is 10.2 Å². The molecule has 2 rings (SSSR count). The molecule has 0 saturated carbocycles. The van der Waals surface area contributed by atoms with E-state index in [4.69, 9.17) is 20.8 Å². The molecule has 2 aromatic rings. The van der Waals surface area contributed by atoms with Crippen molar-refractivity contribution in [3.8, 4) is 5.75 Å². The molecule has 0 fully saturated rings. The molecular formula is C20H27ClN2O3. The number of halogens is 1. The van der Waals surface area contributed by atoms with Gasteiger partial charge in [-0.3, -0.25) is 4.79 Å². The number of carbonyl (C=O) groups excluding carboxylic acids is 1. The van der Waals surface area contributed by atoms with Gasteiger partial charge >= 0.3 is 0 Å². The summed E-state index contributed by atoms with van der Waals surface area (Å²) in [6.07, 6.45) is 0.917. The number of nitrogens with zero attached hydrogens (tertiary/aromatic N) is 1. The van der Waals surface area contributed by atoms with E-state index in [1.165, 1.54) is 0 Å². The third-order valence-electron chi connectivity index (χ3n) is 4.23. The minimum atomic E-state index is -0.196. The number of benzene rings is 1. The van der Waals surface area contributed by atoms with Crippen molar-refractivity contribution >= 4 is 17.5 Å². The third-order valence-corrected chi connectivity index (χ3v) is 4.65. The third kappa shape index (κ3) is 6.07. The maximum absolute atomic E-state index is 12.1. The van der Waals surface area contributed by atoms with Gasteiger partial charge in [0.25, 0.3) is 5.91 Å². The second-order valence-electron chi connectivity index (χ2n) is 6.10. The van der Waals surface area contributed by atoms with Crippen LogP contribution in [0.1, 0.15) is 42.1 Å². The number of aryl methyl sites for hydroxylation is 1. The number of carbonyl (C=O) groups is 1. The molecule has 0 spiro atoms. The lowest BCUT2D eigenvalue weighted by atomic mass is 10.2. The number of ether oxygens (including phenoxy) is 1. The lowest BCUT2D eigenvalue weighted by molar-refractivity contribution is 0.0920. The van der Waals surface area contributed by atoms with E-state index >= 15 is 0 Å². The van der Waals surface area contributed by atoms with E-state index in [1.54, 1.807) is 18.2 Å². The van der Waals surface area contributed by atoms with Gasteiger partial charge in [-0.25, -0.2) is 0 Å². The van der Waals surface area contributed by atoms with Crippen molar-refractivity contribution < 1.29 is 13.9 Å². The molecule has 0 aliphatic carbocycles. The highest BCUT2D eigenvalue weighted by atomic mass is 35.5. The minimum absolute atomic E-state index is 0.196. The first kappa shape index (κ1) is 20.3. The van der Waals surface area contributed by atoms with Crippen molar-refractivity contribution in [2.45, 2.75) is 33.8 Å². The normalized spacial score (nSPS) is 11.0. The summed E-state index contributed by atoms with van der Waals surface area (Å²) in [4.78, 5) is 14.5. The fourth-order valence-corrected chi connectivity index (χ4v) is 2.69. The Bertz CT molecular complexity index is 711. The van der Waals surface area contributed by atoms with Crippen LogP contribution >= 0.6 is 11.6 Å². The van der Waals surface area contributed by atoms with Gasteiger partial charge in [0.15, 0.2) is 5.76 Å². The van der Waals surface area contributed by atoms with E-state index in [-0.39, 0.29) is 12.5 Å². The summed E-state index contributed by atoms with van der Waals surface area (Å²) in [6, 6.07) is 8.90. The highest BCUT2D eigenvalue weighted by Crippen LogP contribution is 2.22. The molecule has 0 atom stereocenters. The van der Waals surface area contributed by atoms with Crippen molar-refractivity contribution in [3.63, 3.8) is 0 Å². The summed E-state index contributed by atoms with van der Waals surface area (Å²) in [5, 5.41) is 3.59. The Morgan fingerprint density at radius 3 is 2.69 bits per heavy atom. The van der Waals surface area contributed by atoms with Gasteiger partial charge in [0, 0.05) is 11.6 Å². The standard InChI is InChI=1S/C20H27ClN2O3/c1-4-23(5-2)12-6-11-22-20(24)19-10-8-17(26-19)14-25-16-7-9-18(21)15(3)13-16/h7-10,13H,4-6,11-12,14H2,1-3H3,(H,22,24). The molecule has 6 heteroatoms. The van der Waals surface area contributed by atoms with Gasteiger partial charge in [-0.2, -0.15) is 0 Å². The smallest absolute Gasteiger partial charge is 0.286 e. The molecule has 1 heterocycles. The fourth-order valence-electron chi connectivity index (χ4n) is 2.57. The van der Waals surface area contributed by atoms with Crippen LogP contribution < -0.4 is 10.1 Å². The first-order chi connectivity index (χ1) is 12.5. The van der Waals surface area contributed by atoms with Gasteiger partial charge in [0.05, 0.1) is 0 Å². The lowest BCUT2D eigenvalue weighted by Gasteiger charge is -2.17. The predicted octanol–water partition coefficient (Wildman–Crippen LogP) is 4.28. The molecule has 1 aromatic carbocycles. The highest BCUT2D eigenvalue weighted by molar-refractivity contribution is 6.31. The van der Waals surface area contributed by atoms with Crippen LogP contribution in [0, 0.1) is 6.92 Å². The fraction of sp³-hybridized carbons (Fsp3) is 0.450. The summed E-state index contributed by atoms with van der Waals surface area (Å²) in [5.74, 6) is 1.42. The van der Waals surface area contributed by atoms with Crippen LogP contribution in [0.3, 0.4) is 0 Å². The van der Waals surface area contributed by atoms with E-state index in [0.717, 1.165) is 31.6 Å². The summed E-state index contributed by atoms with van der Waals surface area (Å²) >= 11 is 6.00.